The molecule has 0 heterocycles. The van der Waals surface area contributed by atoms with Gasteiger partial charge < -0.3 is 26.4 Å². The molecule has 5 nitrogen and oxygen atoms in total. The van der Waals surface area contributed by atoms with Gasteiger partial charge in [0.1, 0.15) is 0 Å². The molecule has 0 aliphatic heterocycles. The molecule has 17 heavy (non-hydrogen) atoms. The molecule has 0 spiro atoms. The van der Waals surface area contributed by atoms with Crippen LogP contribution in [-0.2, 0) is 0 Å². The lowest BCUT2D eigenvalue weighted by atomic mass is 9.84. The fraction of sp³-hybridized carbons (Fsp3) is 1.00. The number of rotatable bonds is 10. The number of nitrogens with two attached hydrogens (primary N) is 1. The van der Waals surface area contributed by atoms with Crippen molar-refractivity contribution in [2.75, 3.05) is 19.7 Å². The van der Waals surface area contributed by atoms with Gasteiger partial charge >= 0.3 is 0 Å². The summed E-state index contributed by atoms with van der Waals surface area (Å²) in [6.45, 7) is 5.10. The van der Waals surface area contributed by atoms with Gasteiger partial charge in [-0.15, -0.1) is 0 Å². The van der Waals surface area contributed by atoms with E-state index in [1.54, 1.807) is 13.8 Å². The summed E-state index contributed by atoms with van der Waals surface area (Å²) in [6, 6.07) is 0. The topological polar surface area (TPSA) is 98.7 Å². The Labute approximate surface area is 104 Å². The first kappa shape index (κ1) is 16.8. The zero-order valence-electron chi connectivity index (χ0n) is 11.0. The molecule has 0 saturated heterocycles. The summed E-state index contributed by atoms with van der Waals surface area (Å²) in [6.07, 6.45) is 1.48. The Morgan fingerprint density at radius 2 is 1.65 bits per heavy atom. The minimum atomic E-state index is -0.533. The summed E-state index contributed by atoms with van der Waals surface area (Å²) >= 11 is 0. The molecule has 0 aromatic carbocycles. The lowest BCUT2D eigenvalue weighted by Crippen LogP contribution is -2.47. The predicted molar refractivity (Wildman–Crippen MR) is 68.7 cm³/mol. The van der Waals surface area contributed by atoms with E-state index in [4.69, 9.17) is 10.8 Å². The lowest BCUT2D eigenvalue weighted by Gasteiger charge is -2.32. The molecule has 0 aliphatic rings. The maximum Gasteiger partial charge on any atom is 0.0529 e. The van der Waals surface area contributed by atoms with E-state index >= 15 is 0 Å². The second kappa shape index (κ2) is 8.83. The van der Waals surface area contributed by atoms with Crippen molar-refractivity contribution in [2.45, 2.75) is 57.3 Å². The van der Waals surface area contributed by atoms with Crippen molar-refractivity contribution >= 4 is 0 Å². The van der Waals surface area contributed by atoms with Crippen LogP contribution in [0.15, 0.2) is 0 Å². The predicted octanol–water partition coefficient (Wildman–Crippen LogP) is -0.412. The largest absolute Gasteiger partial charge is 0.396 e. The third kappa shape index (κ3) is 9.50. The number of hydrogen-bond donors (Lipinski definition) is 5. The van der Waals surface area contributed by atoms with E-state index < -0.39 is 17.7 Å². The summed E-state index contributed by atoms with van der Waals surface area (Å²) in [7, 11) is 0. The molecule has 0 saturated carbocycles. The normalized spacial score (nSPS) is 18.7. The number of aliphatic hydroxyl groups excluding tert-OH is 3. The van der Waals surface area contributed by atoms with Crippen LogP contribution in [0.1, 0.15) is 39.5 Å². The number of hydrogen-bond acceptors (Lipinski definition) is 5. The molecule has 0 amide bonds. The van der Waals surface area contributed by atoms with Gasteiger partial charge in [0.25, 0.3) is 0 Å². The smallest absolute Gasteiger partial charge is 0.0529 e. The minimum absolute atomic E-state index is 0.183. The molecule has 2 unspecified atom stereocenters. The molecule has 0 rings (SSSR count). The molecular weight excluding hydrogens is 220 g/mol. The summed E-state index contributed by atoms with van der Waals surface area (Å²) in [5.74, 6) is 0. The third-order valence-electron chi connectivity index (χ3n) is 2.72. The minimum Gasteiger partial charge on any atom is -0.396 e. The molecule has 6 N–H and O–H groups in total. The fourth-order valence-electron chi connectivity index (χ4n) is 2.13. The van der Waals surface area contributed by atoms with Crippen molar-refractivity contribution in [1.82, 2.24) is 5.32 Å². The average Bonchev–Trinajstić information content (AvgIpc) is 2.14. The van der Waals surface area contributed by atoms with Gasteiger partial charge in [0, 0.05) is 12.1 Å². The molecule has 0 aromatic heterocycles. The quantitative estimate of drug-likeness (QED) is 0.338. The number of aliphatic hydroxyl groups is 3. The highest BCUT2D eigenvalue weighted by molar-refractivity contribution is 4.88. The molecule has 0 aromatic rings. The van der Waals surface area contributed by atoms with E-state index in [0.717, 1.165) is 19.5 Å². The van der Waals surface area contributed by atoms with Crippen LogP contribution in [0.4, 0.5) is 0 Å². The second-order valence-corrected chi connectivity index (χ2v) is 5.05. The van der Waals surface area contributed by atoms with E-state index in [0.29, 0.717) is 19.3 Å². The van der Waals surface area contributed by atoms with E-state index in [2.05, 4.69) is 5.32 Å². The molecule has 0 fully saturated rings. The Morgan fingerprint density at radius 3 is 2.06 bits per heavy atom. The maximum absolute atomic E-state index is 9.43. The van der Waals surface area contributed by atoms with Gasteiger partial charge in [-0.2, -0.15) is 0 Å². The van der Waals surface area contributed by atoms with E-state index in [9.17, 15) is 10.2 Å². The summed E-state index contributed by atoms with van der Waals surface area (Å²) in [5.41, 5.74) is 5.67. The first-order chi connectivity index (χ1) is 7.89. The molecule has 0 radical (unpaired) electrons. The molecule has 5 heteroatoms. The van der Waals surface area contributed by atoms with Crippen LogP contribution in [0.25, 0.3) is 0 Å². The molecular formula is C12H28N2O3. The van der Waals surface area contributed by atoms with Gasteiger partial charge in [-0.3, -0.25) is 0 Å². The van der Waals surface area contributed by atoms with Crippen molar-refractivity contribution in [2.24, 2.45) is 5.73 Å². The molecule has 104 valence electrons. The lowest BCUT2D eigenvalue weighted by molar-refractivity contribution is 0.0998. The van der Waals surface area contributed by atoms with Crippen LogP contribution < -0.4 is 11.1 Å². The third-order valence-corrected chi connectivity index (χ3v) is 2.72. The summed E-state index contributed by atoms with van der Waals surface area (Å²) in [4.78, 5) is 0. The highest BCUT2D eigenvalue weighted by Crippen LogP contribution is 2.20. The van der Waals surface area contributed by atoms with E-state index in [-0.39, 0.29) is 6.61 Å². The first-order valence-electron chi connectivity index (χ1n) is 6.36. The van der Waals surface area contributed by atoms with Gasteiger partial charge in [0.15, 0.2) is 0 Å². The fourth-order valence-corrected chi connectivity index (χ4v) is 2.13. The van der Waals surface area contributed by atoms with Crippen LogP contribution in [-0.4, -0.2) is 52.8 Å². The van der Waals surface area contributed by atoms with Crippen molar-refractivity contribution in [3.05, 3.63) is 0 Å². The van der Waals surface area contributed by atoms with Crippen LogP contribution in [0.2, 0.25) is 0 Å². The zero-order chi connectivity index (χ0) is 13.3. The van der Waals surface area contributed by atoms with Gasteiger partial charge in [0.2, 0.25) is 0 Å². The standard InChI is InChI=1S/C12H28N2O3/c1-10(16)8-12(13,9-11(2)17)4-6-14-5-3-7-15/h10-11,14-17H,3-9,13H2,1-2H3. The molecule has 0 aliphatic carbocycles. The van der Waals surface area contributed by atoms with Crippen molar-refractivity contribution in [3.63, 3.8) is 0 Å². The SMILES string of the molecule is CC(O)CC(N)(CCNCCCO)CC(C)O. The Hall–Kier alpha value is -0.200. The van der Waals surface area contributed by atoms with Crippen molar-refractivity contribution in [3.8, 4) is 0 Å². The highest BCUT2D eigenvalue weighted by atomic mass is 16.3. The monoisotopic (exact) mass is 248 g/mol. The van der Waals surface area contributed by atoms with Gasteiger partial charge in [-0.25, -0.2) is 0 Å². The van der Waals surface area contributed by atoms with E-state index in [1.165, 1.54) is 0 Å². The molecule has 2 atom stereocenters. The molecule has 0 bridgehead atoms. The zero-order valence-corrected chi connectivity index (χ0v) is 11.0. The van der Waals surface area contributed by atoms with Crippen molar-refractivity contribution in [1.29, 1.82) is 0 Å². The summed E-state index contributed by atoms with van der Waals surface area (Å²) < 4.78 is 0. The second-order valence-electron chi connectivity index (χ2n) is 5.05. The Balaban J connectivity index is 4.00. The van der Waals surface area contributed by atoms with Crippen LogP contribution in [0, 0.1) is 0 Å². The van der Waals surface area contributed by atoms with E-state index in [1.807, 2.05) is 0 Å². The Bertz CT molecular complexity index is 177. The van der Waals surface area contributed by atoms with Crippen molar-refractivity contribution < 1.29 is 15.3 Å². The maximum atomic E-state index is 9.43. The van der Waals surface area contributed by atoms with Gasteiger partial charge in [-0.1, -0.05) is 0 Å². The highest BCUT2D eigenvalue weighted by Gasteiger charge is 2.27. The Kier molecular flexibility index (Phi) is 8.72. The van der Waals surface area contributed by atoms with Crippen LogP contribution >= 0.6 is 0 Å². The van der Waals surface area contributed by atoms with Gasteiger partial charge in [-0.05, 0) is 52.6 Å². The summed E-state index contributed by atoms with van der Waals surface area (Å²) in [5, 5.41) is 30.7. The van der Waals surface area contributed by atoms with Crippen LogP contribution in [0.5, 0.6) is 0 Å². The average molecular weight is 248 g/mol. The van der Waals surface area contributed by atoms with Crippen LogP contribution in [0.3, 0.4) is 0 Å². The first-order valence-corrected chi connectivity index (χ1v) is 6.36. The van der Waals surface area contributed by atoms with Gasteiger partial charge in [0.05, 0.1) is 12.2 Å². The number of nitrogens with one attached hydrogen (secondary N) is 1. The Morgan fingerprint density at radius 1 is 1.12 bits per heavy atom.